The number of carbonyl (C=O) groups excluding carboxylic acids is 3. The van der Waals surface area contributed by atoms with Gasteiger partial charge in [0.1, 0.15) is 18.1 Å². The van der Waals surface area contributed by atoms with Gasteiger partial charge in [-0.3, -0.25) is 23.9 Å². The van der Waals surface area contributed by atoms with Crippen LogP contribution in [0.5, 0.6) is 5.75 Å². The lowest BCUT2D eigenvalue weighted by atomic mass is 10.00. The third-order valence-corrected chi connectivity index (χ3v) is 8.20. The Morgan fingerprint density at radius 1 is 1.00 bits per heavy atom. The van der Waals surface area contributed by atoms with Crippen molar-refractivity contribution in [3.05, 3.63) is 106 Å². The first-order valence-electron chi connectivity index (χ1n) is 15.1. The molecule has 0 bridgehead atoms. The molecule has 0 unspecified atom stereocenters. The monoisotopic (exact) mass is 693 g/mol. The molecule has 0 radical (unpaired) electrons. The predicted octanol–water partition coefficient (Wildman–Crippen LogP) is 4.29. The Morgan fingerprint density at radius 3 is 2.44 bits per heavy atom. The second-order valence-corrected chi connectivity index (χ2v) is 15.1. The van der Waals surface area contributed by atoms with Crippen molar-refractivity contribution < 1.29 is 23.7 Å². The van der Waals surface area contributed by atoms with Crippen LogP contribution in [0.15, 0.2) is 71.7 Å². The summed E-state index contributed by atoms with van der Waals surface area (Å²) in [5, 5.41) is 17.0. The van der Waals surface area contributed by atoms with Crippen LogP contribution in [0, 0.1) is 6.92 Å². The van der Waals surface area contributed by atoms with Crippen molar-refractivity contribution in [3.8, 4) is 11.4 Å². The Labute approximate surface area is 286 Å². The molecule has 48 heavy (non-hydrogen) atoms. The summed E-state index contributed by atoms with van der Waals surface area (Å²) >= 11 is 6.02. The number of halogens is 1. The van der Waals surface area contributed by atoms with Gasteiger partial charge in [0.25, 0.3) is 5.91 Å². The number of nitrogens with one attached hydrogen (secondary N) is 3. The van der Waals surface area contributed by atoms with Crippen LogP contribution in [-0.2, 0) is 22.6 Å². The maximum Gasteiger partial charge on any atom is 0.251 e. The van der Waals surface area contributed by atoms with Crippen molar-refractivity contribution in [2.75, 3.05) is 38.6 Å². The zero-order chi connectivity index (χ0) is 34.8. The molecular weight excluding hydrogens is 654 g/mol. The number of nitrogens with zero attached hydrogens (tertiary/aromatic N) is 4. The molecular formula is C34H40ClN7O5S. The van der Waals surface area contributed by atoms with E-state index in [4.69, 9.17) is 21.3 Å². The van der Waals surface area contributed by atoms with Crippen molar-refractivity contribution in [1.29, 1.82) is 0 Å². The number of ether oxygens (including phenoxy) is 1. The van der Waals surface area contributed by atoms with Gasteiger partial charge in [-0.2, -0.15) is 0 Å². The molecule has 4 aromatic rings. The largest absolute Gasteiger partial charge is 0.497 e. The number of rotatable bonds is 10. The molecule has 3 amide bonds. The van der Waals surface area contributed by atoms with E-state index in [1.807, 2.05) is 60.0 Å². The summed E-state index contributed by atoms with van der Waals surface area (Å²) in [6, 6.07) is 20.8. The number of hydrogen-bond acceptors (Lipinski definition) is 8. The maximum atomic E-state index is 12.1. The van der Waals surface area contributed by atoms with E-state index in [1.54, 1.807) is 37.8 Å². The van der Waals surface area contributed by atoms with E-state index >= 15 is 0 Å². The Bertz CT molecular complexity index is 1800. The van der Waals surface area contributed by atoms with Crippen molar-refractivity contribution in [3.63, 3.8) is 0 Å². The summed E-state index contributed by atoms with van der Waals surface area (Å²) in [4.78, 5) is 39.0. The standard InChI is InChI=1S/C18H15ClN4O.C16H25N3O4S/c1-11-21-22-17-10-20-18(12-3-5-13(19)6-4-12)15-9-14(24-2)7-8-16(15)23(11)17;1-12(20)18-10-15(21)17-8-7-13-5-4-6-14(9-13)16(22)19-11-24(2,3)23/h3-9H,10H2,1-2H3;4-6,9,23H,7-8,10-11H2,1-3H3,(H,17,21)(H,18,20)(H,19,22). The average Bonchev–Trinajstić information content (AvgIpc) is 3.34. The molecule has 4 N–H and O–H groups in total. The van der Waals surface area contributed by atoms with Gasteiger partial charge in [-0.15, -0.1) is 20.5 Å². The van der Waals surface area contributed by atoms with E-state index in [-0.39, 0.29) is 30.1 Å². The Kier molecular flexibility index (Phi) is 12.3. The Balaban J connectivity index is 0.000000217. The average molecular weight is 694 g/mol. The first kappa shape index (κ1) is 36.1. The fraction of sp³-hybridized carbons (Fsp3) is 0.294. The van der Waals surface area contributed by atoms with E-state index in [9.17, 15) is 18.9 Å². The zero-order valence-electron chi connectivity index (χ0n) is 27.5. The van der Waals surface area contributed by atoms with Gasteiger partial charge in [0.05, 0.1) is 30.9 Å². The van der Waals surface area contributed by atoms with Crippen LogP contribution < -0.4 is 20.7 Å². The molecule has 5 rings (SSSR count). The number of carbonyl (C=O) groups is 3. The minimum Gasteiger partial charge on any atom is -0.497 e. The second-order valence-electron chi connectivity index (χ2n) is 11.4. The third kappa shape index (κ3) is 10.1. The number of amides is 3. The molecule has 254 valence electrons. The Morgan fingerprint density at radius 2 is 1.75 bits per heavy atom. The van der Waals surface area contributed by atoms with Crippen molar-refractivity contribution in [2.24, 2.45) is 4.99 Å². The topological polar surface area (TPSA) is 160 Å². The number of aromatic nitrogens is 3. The number of fused-ring (bicyclic) bond motifs is 3. The molecule has 0 atom stereocenters. The molecule has 1 aliphatic heterocycles. The zero-order valence-corrected chi connectivity index (χ0v) is 29.1. The van der Waals surface area contributed by atoms with E-state index < -0.39 is 10.3 Å². The normalized spacial score (nSPS) is 12.2. The Hall–Kier alpha value is -4.72. The second kappa shape index (κ2) is 16.4. The summed E-state index contributed by atoms with van der Waals surface area (Å²) in [6.45, 7) is 4.13. The lowest BCUT2D eigenvalue weighted by Crippen LogP contribution is -2.36. The molecule has 14 heteroatoms. The molecule has 0 fully saturated rings. The van der Waals surface area contributed by atoms with Gasteiger partial charge in [-0.25, -0.2) is 0 Å². The lowest BCUT2D eigenvalue weighted by Gasteiger charge is -2.23. The van der Waals surface area contributed by atoms with Crippen LogP contribution in [0.25, 0.3) is 5.69 Å². The quantitative estimate of drug-likeness (QED) is 0.193. The summed E-state index contributed by atoms with van der Waals surface area (Å²) < 4.78 is 17.2. The molecule has 0 spiro atoms. The van der Waals surface area contributed by atoms with Gasteiger partial charge >= 0.3 is 0 Å². The molecule has 0 saturated carbocycles. The van der Waals surface area contributed by atoms with Gasteiger partial charge in [0.15, 0.2) is 5.82 Å². The highest BCUT2D eigenvalue weighted by Gasteiger charge is 2.22. The number of hydrogen-bond donors (Lipinski definition) is 4. The highest BCUT2D eigenvalue weighted by molar-refractivity contribution is 8.27. The fourth-order valence-corrected chi connectivity index (χ4v) is 5.37. The number of aliphatic imine (C=N–C) groups is 1. The molecule has 12 nitrogen and oxygen atoms in total. The van der Waals surface area contributed by atoms with Crippen LogP contribution in [0.1, 0.15) is 45.6 Å². The van der Waals surface area contributed by atoms with Crippen LogP contribution in [-0.4, -0.2) is 81.3 Å². The third-order valence-electron chi connectivity index (χ3n) is 7.10. The van der Waals surface area contributed by atoms with E-state index in [0.29, 0.717) is 30.1 Å². The summed E-state index contributed by atoms with van der Waals surface area (Å²) in [6.07, 6.45) is 3.98. The van der Waals surface area contributed by atoms with Crippen LogP contribution >= 0.6 is 21.9 Å². The SMILES string of the molecule is CC(=O)NCC(=O)NCCc1cccc(C(=O)NCS(C)(C)O)c1.COc1ccc2c(c1)C(c1ccc(Cl)cc1)=NCc1nnc(C)n1-2. The highest BCUT2D eigenvalue weighted by Crippen LogP contribution is 2.32. The van der Waals surface area contributed by atoms with Crippen LogP contribution in [0.3, 0.4) is 0 Å². The number of benzene rings is 3. The van der Waals surface area contributed by atoms with E-state index in [0.717, 1.165) is 45.5 Å². The predicted molar refractivity (Wildman–Crippen MR) is 190 cm³/mol. The molecule has 3 aromatic carbocycles. The van der Waals surface area contributed by atoms with Gasteiger partial charge in [0, 0.05) is 35.2 Å². The smallest absolute Gasteiger partial charge is 0.251 e. The summed E-state index contributed by atoms with van der Waals surface area (Å²) in [7, 11) is -0.122. The minimum atomic E-state index is -1.78. The molecule has 2 heterocycles. The summed E-state index contributed by atoms with van der Waals surface area (Å²) in [5.74, 6) is 1.94. The fourth-order valence-electron chi connectivity index (χ4n) is 4.76. The molecule has 0 aliphatic carbocycles. The van der Waals surface area contributed by atoms with E-state index in [2.05, 4.69) is 26.1 Å². The van der Waals surface area contributed by atoms with Crippen LogP contribution in [0.4, 0.5) is 0 Å². The van der Waals surface area contributed by atoms with Gasteiger partial charge in [-0.1, -0.05) is 35.9 Å². The molecule has 0 saturated heterocycles. The molecule has 1 aliphatic rings. The maximum absolute atomic E-state index is 12.1. The van der Waals surface area contributed by atoms with Crippen molar-refractivity contribution in [2.45, 2.75) is 26.8 Å². The summed E-state index contributed by atoms with van der Waals surface area (Å²) in [5.41, 5.74) is 5.31. The van der Waals surface area contributed by atoms with Crippen molar-refractivity contribution >= 4 is 45.3 Å². The minimum absolute atomic E-state index is 0.0446. The highest BCUT2D eigenvalue weighted by atomic mass is 35.5. The lowest BCUT2D eigenvalue weighted by molar-refractivity contribution is -0.125. The van der Waals surface area contributed by atoms with Crippen LogP contribution in [0.2, 0.25) is 5.02 Å². The number of aryl methyl sites for hydroxylation is 1. The first-order chi connectivity index (χ1) is 22.8. The van der Waals surface area contributed by atoms with Crippen molar-refractivity contribution in [1.82, 2.24) is 30.7 Å². The molecule has 1 aromatic heterocycles. The first-order valence-corrected chi connectivity index (χ1v) is 18.0. The van der Waals surface area contributed by atoms with Gasteiger partial charge in [-0.05, 0) is 73.9 Å². The van der Waals surface area contributed by atoms with E-state index in [1.165, 1.54) is 6.92 Å². The van der Waals surface area contributed by atoms with Gasteiger partial charge < -0.3 is 25.2 Å². The van der Waals surface area contributed by atoms with Gasteiger partial charge in [0.2, 0.25) is 11.8 Å². The number of methoxy groups -OCH3 is 1.